The van der Waals surface area contributed by atoms with Gasteiger partial charge in [-0.25, -0.2) is 9.80 Å². The van der Waals surface area contributed by atoms with Crippen molar-refractivity contribution in [1.29, 1.82) is 0 Å². The lowest BCUT2D eigenvalue weighted by atomic mass is 9.88. The van der Waals surface area contributed by atoms with Gasteiger partial charge in [-0.05, 0) is 0 Å². The minimum atomic E-state index is -0.358. The maximum absolute atomic E-state index is 11.0. The van der Waals surface area contributed by atoms with Crippen molar-refractivity contribution in [2.75, 3.05) is 13.6 Å². The molecule has 0 radical (unpaired) electrons. The number of hydrogen-bond acceptors (Lipinski definition) is 3. The van der Waals surface area contributed by atoms with Gasteiger partial charge in [0.05, 0.1) is 6.54 Å². The summed E-state index contributed by atoms with van der Waals surface area (Å²) < 4.78 is 5.13. The molecular weight excluding hydrogens is 156 g/mol. The molecule has 1 amide bonds. The third-order valence-corrected chi connectivity index (χ3v) is 1.94. The average molecular weight is 172 g/mol. The van der Waals surface area contributed by atoms with Crippen LogP contribution in [0.1, 0.15) is 20.8 Å². The van der Waals surface area contributed by atoms with Gasteiger partial charge in [0.15, 0.2) is 0 Å². The lowest BCUT2D eigenvalue weighted by molar-refractivity contribution is -0.0359. The maximum Gasteiger partial charge on any atom is 0.422 e. The zero-order valence-corrected chi connectivity index (χ0v) is 8.05. The first-order valence-corrected chi connectivity index (χ1v) is 4.08. The van der Waals surface area contributed by atoms with E-state index >= 15 is 0 Å². The summed E-state index contributed by atoms with van der Waals surface area (Å²) >= 11 is 0. The molecule has 70 valence electrons. The number of likely N-dealkylation sites (N-methyl/N-ethyl adjacent to an activating group) is 1. The van der Waals surface area contributed by atoms with Crippen LogP contribution < -0.4 is 5.43 Å². The van der Waals surface area contributed by atoms with Crippen molar-refractivity contribution in [3.05, 3.63) is 0 Å². The Labute approximate surface area is 72.8 Å². The Bertz CT molecular complexity index is 186. The van der Waals surface area contributed by atoms with E-state index < -0.39 is 0 Å². The molecule has 1 fully saturated rings. The van der Waals surface area contributed by atoms with Crippen molar-refractivity contribution in [1.82, 2.24) is 10.4 Å². The van der Waals surface area contributed by atoms with Gasteiger partial charge < -0.3 is 4.74 Å². The molecule has 1 atom stereocenters. The minimum Gasteiger partial charge on any atom is -0.443 e. The second kappa shape index (κ2) is 2.94. The Morgan fingerprint density at radius 1 is 1.58 bits per heavy atom. The van der Waals surface area contributed by atoms with E-state index in [0.717, 1.165) is 6.54 Å². The lowest BCUT2D eigenvalue weighted by Gasteiger charge is -2.37. The fourth-order valence-electron chi connectivity index (χ4n) is 1.09. The summed E-state index contributed by atoms with van der Waals surface area (Å²) in [6.07, 6.45) is -0.389. The first-order valence-electron chi connectivity index (χ1n) is 4.08. The summed E-state index contributed by atoms with van der Waals surface area (Å²) in [7, 11) is 1.83. The van der Waals surface area contributed by atoms with Gasteiger partial charge in [0.25, 0.3) is 0 Å². The molecule has 4 nitrogen and oxygen atoms in total. The van der Waals surface area contributed by atoms with E-state index in [9.17, 15) is 4.79 Å². The molecule has 1 aliphatic heterocycles. The predicted octanol–water partition coefficient (Wildman–Crippen LogP) is 0.988. The van der Waals surface area contributed by atoms with Crippen molar-refractivity contribution in [2.45, 2.75) is 26.9 Å². The lowest BCUT2D eigenvalue weighted by Crippen LogP contribution is -2.54. The largest absolute Gasteiger partial charge is 0.443 e. The quantitative estimate of drug-likeness (QED) is 0.592. The van der Waals surface area contributed by atoms with Gasteiger partial charge >= 0.3 is 6.09 Å². The van der Waals surface area contributed by atoms with Crippen LogP contribution in [0.4, 0.5) is 4.79 Å². The van der Waals surface area contributed by atoms with Crippen LogP contribution in [-0.2, 0) is 4.74 Å². The van der Waals surface area contributed by atoms with Crippen LogP contribution in [0.25, 0.3) is 0 Å². The molecule has 0 spiro atoms. The number of carbonyl (C=O) groups is 1. The summed E-state index contributed by atoms with van der Waals surface area (Å²) in [5.74, 6) is 0. The average Bonchev–Trinajstić information content (AvgIpc) is 1.82. The topological polar surface area (TPSA) is 41.6 Å². The molecular formula is C8H16N2O2. The van der Waals surface area contributed by atoms with Crippen LogP contribution in [0.5, 0.6) is 0 Å². The van der Waals surface area contributed by atoms with Crippen LogP contribution in [-0.4, -0.2) is 30.8 Å². The van der Waals surface area contributed by atoms with E-state index in [1.54, 1.807) is 5.01 Å². The van der Waals surface area contributed by atoms with E-state index in [4.69, 9.17) is 4.74 Å². The SMILES string of the molecule is CN1CC(C(C)(C)C)OC(=O)N1. The molecule has 0 aromatic carbocycles. The standard InChI is InChI=1S/C8H16N2O2/c1-8(2,3)6-5-10(4)9-7(11)12-6/h6H,5H2,1-4H3,(H,9,11). The van der Waals surface area contributed by atoms with Gasteiger partial charge in [0.1, 0.15) is 6.10 Å². The highest BCUT2D eigenvalue weighted by Crippen LogP contribution is 2.24. The smallest absolute Gasteiger partial charge is 0.422 e. The van der Waals surface area contributed by atoms with Crippen molar-refractivity contribution >= 4 is 6.09 Å². The second-order valence-corrected chi connectivity index (χ2v) is 4.25. The molecule has 0 aromatic heterocycles. The third kappa shape index (κ3) is 2.11. The molecule has 1 saturated heterocycles. The highest BCUT2D eigenvalue weighted by Gasteiger charge is 2.33. The van der Waals surface area contributed by atoms with Gasteiger partial charge in [-0.15, -0.1) is 0 Å². The third-order valence-electron chi connectivity index (χ3n) is 1.94. The Morgan fingerprint density at radius 2 is 2.17 bits per heavy atom. The molecule has 1 aliphatic rings. The van der Waals surface area contributed by atoms with Crippen LogP contribution in [0, 0.1) is 5.41 Å². The van der Waals surface area contributed by atoms with E-state index in [1.807, 2.05) is 7.05 Å². The summed E-state index contributed by atoms with van der Waals surface area (Å²) in [6, 6.07) is 0. The summed E-state index contributed by atoms with van der Waals surface area (Å²) in [6.45, 7) is 6.91. The highest BCUT2D eigenvalue weighted by molar-refractivity contribution is 5.67. The van der Waals surface area contributed by atoms with Crippen molar-refractivity contribution in [3.63, 3.8) is 0 Å². The Kier molecular flexibility index (Phi) is 2.28. The first kappa shape index (κ1) is 9.32. The number of nitrogens with zero attached hydrogens (tertiary/aromatic N) is 1. The zero-order valence-electron chi connectivity index (χ0n) is 8.05. The van der Waals surface area contributed by atoms with E-state index in [-0.39, 0.29) is 17.6 Å². The molecule has 0 bridgehead atoms. The zero-order chi connectivity index (χ0) is 9.35. The van der Waals surface area contributed by atoms with Crippen molar-refractivity contribution in [2.24, 2.45) is 5.41 Å². The summed E-state index contributed by atoms with van der Waals surface area (Å²) in [4.78, 5) is 11.0. The number of ether oxygens (including phenoxy) is 1. The van der Waals surface area contributed by atoms with E-state index in [0.29, 0.717) is 0 Å². The monoisotopic (exact) mass is 172 g/mol. The van der Waals surface area contributed by atoms with Gasteiger partial charge in [0.2, 0.25) is 0 Å². The van der Waals surface area contributed by atoms with E-state index in [2.05, 4.69) is 26.2 Å². The van der Waals surface area contributed by atoms with Crippen LogP contribution in [0.2, 0.25) is 0 Å². The highest BCUT2D eigenvalue weighted by atomic mass is 16.6. The van der Waals surface area contributed by atoms with E-state index in [1.165, 1.54) is 0 Å². The number of nitrogens with one attached hydrogen (secondary N) is 1. The molecule has 1 heterocycles. The van der Waals surface area contributed by atoms with Crippen LogP contribution >= 0.6 is 0 Å². The normalized spacial score (nSPS) is 26.3. The van der Waals surface area contributed by atoms with Crippen molar-refractivity contribution < 1.29 is 9.53 Å². The molecule has 4 heteroatoms. The fraction of sp³-hybridized carbons (Fsp3) is 0.875. The molecule has 0 saturated carbocycles. The molecule has 1 unspecified atom stereocenters. The number of hydrogen-bond donors (Lipinski definition) is 1. The van der Waals surface area contributed by atoms with Crippen molar-refractivity contribution in [3.8, 4) is 0 Å². The Morgan fingerprint density at radius 3 is 2.58 bits per heavy atom. The predicted molar refractivity (Wildman–Crippen MR) is 45.5 cm³/mol. The number of amides is 1. The fourth-order valence-corrected chi connectivity index (χ4v) is 1.09. The number of hydrazine groups is 1. The molecule has 1 N–H and O–H groups in total. The Hall–Kier alpha value is -0.770. The van der Waals surface area contributed by atoms with Gasteiger partial charge in [-0.1, -0.05) is 20.8 Å². The van der Waals surface area contributed by atoms with Crippen LogP contribution in [0.3, 0.4) is 0 Å². The minimum absolute atomic E-state index is 0.00597. The Balaban J connectivity index is 2.62. The van der Waals surface area contributed by atoms with Gasteiger partial charge in [-0.3, -0.25) is 5.43 Å². The summed E-state index contributed by atoms with van der Waals surface area (Å²) in [5, 5.41) is 1.75. The van der Waals surface area contributed by atoms with Crippen LogP contribution in [0.15, 0.2) is 0 Å². The van der Waals surface area contributed by atoms with Gasteiger partial charge in [-0.2, -0.15) is 0 Å². The first-order chi connectivity index (χ1) is 5.39. The number of rotatable bonds is 0. The number of carbonyl (C=O) groups excluding carboxylic acids is 1. The second-order valence-electron chi connectivity index (χ2n) is 4.25. The number of cyclic esters (lactones) is 1. The maximum atomic E-state index is 11.0. The molecule has 12 heavy (non-hydrogen) atoms. The summed E-state index contributed by atoms with van der Waals surface area (Å²) in [5.41, 5.74) is 2.56. The van der Waals surface area contributed by atoms with Gasteiger partial charge in [0, 0.05) is 12.5 Å². The molecule has 0 aromatic rings. The molecule has 1 rings (SSSR count). The molecule has 0 aliphatic carbocycles.